The van der Waals surface area contributed by atoms with Crippen LogP contribution in [-0.2, 0) is 22.6 Å². The molecule has 4 aromatic rings. The van der Waals surface area contributed by atoms with Gasteiger partial charge >= 0.3 is 7.12 Å². The van der Waals surface area contributed by atoms with Crippen molar-refractivity contribution in [3.8, 4) is 11.3 Å². The summed E-state index contributed by atoms with van der Waals surface area (Å²) >= 11 is 0. The lowest BCUT2D eigenvalue weighted by Gasteiger charge is -2.20. The van der Waals surface area contributed by atoms with Crippen LogP contribution in [0.2, 0.25) is 0 Å². The fourth-order valence-electron chi connectivity index (χ4n) is 3.76. The normalized spacial score (nSPS) is 12.7. The number of hydrogen-bond acceptors (Lipinski definition) is 6. The summed E-state index contributed by atoms with van der Waals surface area (Å²) in [4.78, 5) is 29.9. The van der Waals surface area contributed by atoms with Gasteiger partial charge in [-0.15, -0.1) is 0 Å². The fraction of sp³-hybridized carbons (Fsp3) is 0.192. The minimum atomic E-state index is -1.81. The fourth-order valence-corrected chi connectivity index (χ4v) is 3.76. The molecule has 0 saturated heterocycles. The highest BCUT2D eigenvalue weighted by atomic mass is 16.4. The van der Waals surface area contributed by atoms with E-state index in [1.54, 1.807) is 12.1 Å². The lowest BCUT2D eigenvalue weighted by Crippen LogP contribution is -2.51. The van der Waals surface area contributed by atoms with Crippen molar-refractivity contribution in [2.45, 2.75) is 25.8 Å². The molecule has 2 amide bonds. The second-order valence-electron chi connectivity index (χ2n) is 8.31. The van der Waals surface area contributed by atoms with Crippen molar-refractivity contribution in [2.75, 3.05) is 0 Å². The molecule has 0 saturated carbocycles. The molecule has 35 heavy (non-hydrogen) atoms. The van der Waals surface area contributed by atoms with E-state index in [1.165, 1.54) is 13.2 Å². The molecule has 0 aliphatic carbocycles. The summed E-state index contributed by atoms with van der Waals surface area (Å²) in [5.41, 5.74) is 3.79. The van der Waals surface area contributed by atoms with E-state index in [-0.39, 0.29) is 13.0 Å². The van der Waals surface area contributed by atoms with Gasteiger partial charge in [-0.25, -0.2) is 0 Å². The zero-order valence-corrected chi connectivity index (χ0v) is 19.2. The predicted molar refractivity (Wildman–Crippen MR) is 133 cm³/mol. The van der Waals surface area contributed by atoms with Gasteiger partial charge in [0.05, 0.1) is 30.1 Å². The summed E-state index contributed by atoms with van der Waals surface area (Å²) in [6.45, 7) is 1.62. The highest BCUT2D eigenvalue weighted by Gasteiger charge is 2.30. The second-order valence-corrected chi connectivity index (χ2v) is 8.31. The molecule has 0 radical (unpaired) electrons. The first-order valence-corrected chi connectivity index (χ1v) is 11.3. The number of hydrogen-bond donors (Lipinski definition) is 4. The molecule has 2 atom stereocenters. The van der Waals surface area contributed by atoms with Crippen LogP contribution in [0.15, 0.2) is 83.5 Å². The smallest absolute Gasteiger partial charge is 0.464 e. The van der Waals surface area contributed by atoms with Crippen molar-refractivity contribution in [3.63, 3.8) is 0 Å². The van der Waals surface area contributed by atoms with Crippen LogP contribution in [0.1, 0.15) is 18.2 Å². The molecule has 0 spiro atoms. The van der Waals surface area contributed by atoms with Crippen molar-refractivity contribution in [1.82, 2.24) is 15.6 Å². The number of carbonyl (C=O) groups excluding carboxylic acids is 2. The van der Waals surface area contributed by atoms with Gasteiger partial charge in [0.1, 0.15) is 11.5 Å². The van der Waals surface area contributed by atoms with Gasteiger partial charge in [0.25, 0.3) is 0 Å². The maximum Gasteiger partial charge on any atom is 0.475 e. The number of fused-ring (bicyclic) bond motifs is 1. The van der Waals surface area contributed by atoms with Gasteiger partial charge < -0.3 is 25.1 Å². The minimum absolute atomic E-state index is 0.130. The quantitative estimate of drug-likeness (QED) is 0.220. The Labute approximate surface area is 203 Å². The Bertz CT molecular complexity index is 1310. The molecule has 2 heterocycles. The molecule has 0 bridgehead atoms. The first kappa shape index (κ1) is 24.2. The summed E-state index contributed by atoms with van der Waals surface area (Å²) in [6.07, 6.45) is 1.66. The zero-order valence-electron chi connectivity index (χ0n) is 19.2. The topological polar surface area (TPSA) is 125 Å². The van der Waals surface area contributed by atoms with Gasteiger partial charge in [0.15, 0.2) is 0 Å². The van der Waals surface area contributed by atoms with Gasteiger partial charge in [-0.3, -0.25) is 14.6 Å². The Balaban J connectivity index is 1.35. The SMILES string of the molecule is CC(C(=O)NCc1cccc(-c2ccccc2)n1)C(=O)NC(Cc1coc2ccccc12)B(O)O. The molecule has 4 N–H and O–H groups in total. The number of nitrogens with zero attached hydrogens (tertiary/aromatic N) is 1. The van der Waals surface area contributed by atoms with Crippen LogP contribution in [-0.4, -0.2) is 39.9 Å². The third-order valence-electron chi connectivity index (χ3n) is 5.80. The summed E-state index contributed by atoms with van der Waals surface area (Å²) in [6, 6.07) is 22.6. The molecule has 0 aliphatic rings. The van der Waals surface area contributed by atoms with E-state index in [0.717, 1.165) is 22.2 Å². The van der Waals surface area contributed by atoms with Crippen molar-refractivity contribution in [1.29, 1.82) is 0 Å². The molecule has 0 fully saturated rings. The van der Waals surface area contributed by atoms with E-state index >= 15 is 0 Å². The lowest BCUT2D eigenvalue weighted by atomic mass is 9.75. The van der Waals surface area contributed by atoms with Gasteiger partial charge in [-0.2, -0.15) is 0 Å². The van der Waals surface area contributed by atoms with Crippen LogP contribution in [0.5, 0.6) is 0 Å². The first-order valence-electron chi connectivity index (χ1n) is 11.3. The Morgan fingerprint density at radius 2 is 1.71 bits per heavy atom. The number of carbonyl (C=O) groups is 2. The molecule has 4 rings (SSSR count). The van der Waals surface area contributed by atoms with Crippen molar-refractivity contribution >= 4 is 29.9 Å². The minimum Gasteiger partial charge on any atom is -0.464 e. The molecule has 2 unspecified atom stereocenters. The van der Waals surface area contributed by atoms with Crippen LogP contribution in [0.3, 0.4) is 0 Å². The van der Waals surface area contributed by atoms with Gasteiger partial charge in [0.2, 0.25) is 11.8 Å². The summed E-state index contributed by atoms with van der Waals surface area (Å²) in [5, 5.41) is 25.8. The van der Waals surface area contributed by atoms with Crippen LogP contribution in [0.4, 0.5) is 0 Å². The first-order chi connectivity index (χ1) is 16.9. The third-order valence-corrected chi connectivity index (χ3v) is 5.80. The average molecular weight is 471 g/mol. The van der Waals surface area contributed by atoms with Crippen LogP contribution in [0.25, 0.3) is 22.2 Å². The molecule has 2 aromatic carbocycles. The number of benzene rings is 2. The Morgan fingerprint density at radius 3 is 2.49 bits per heavy atom. The summed E-state index contributed by atoms with van der Waals surface area (Å²) in [7, 11) is -1.81. The number of para-hydroxylation sites is 1. The number of aromatic nitrogens is 1. The largest absolute Gasteiger partial charge is 0.475 e. The van der Waals surface area contributed by atoms with Crippen LogP contribution in [0, 0.1) is 5.92 Å². The van der Waals surface area contributed by atoms with Gasteiger partial charge in [-0.05, 0) is 37.1 Å². The molecule has 9 heteroatoms. The number of amides is 2. The van der Waals surface area contributed by atoms with E-state index < -0.39 is 30.8 Å². The van der Waals surface area contributed by atoms with E-state index in [4.69, 9.17) is 4.42 Å². The molecular weight excluding hydrogens is 445 g/mol. The van der Waals surface area contributed by atoms with E-state index in [9.17, 15) is 19.6 Å². The average Bonchev–Trinajstić information content (AvgIpc) is 3.29. The van der Waals surface area contributed by atoms with Gasteiger partial charge in [0, 0.05) is 10.9 Å². The van der Waals surface area contributed by atoms with E-state index in [1.807, 2.05) is 60.7 Å². The monoisotopic (exact) mass is 471 g/mol. The Hall–Kier alpha value is -3.95. The van der Waals surface area contributed by atoms with Crippen molar-refractivity contribution < 1.29 is 24.1 Å². The third kappa shape index (κ3) is 5.95. The highest BCUT2D eigenvalue weighted by Crippen LogP contribution is 2.22. The van der Waals surface area contributed by atoms with Crippen molar-refractivity contribution in [3.05, 3.63) is 90.3 Å². The zero-order chi connectivity index (χ0) is 24.8. The molecule has 178 valence electrons. The molecule has 2 aromatic heterocycles. The maximum absolute atomic E-state index is 12.7. The highest BCUT2D eigenvalue weighted by molar-refractivity contribution is 6.43. The molecular formula is C26H26BN3O5. The number of rotatable bonds is 9. The van der Waals surface area contributed by atoms with Crippen molar-refractivity contribution in [2.24, 2.45) is 5.92 Å². The van der Waals surface area contributed by atoms with E-state index in [0.29, 0.717) is 11.3 Å². The Morgan fingerprint density at radius 1 is 0.971 bits per heavy atom. The number of furan rings is 1. The molecule has 8 nitrogen and oxygen atoms in total. The summed E-state index contributed by atoms with van der Waals surface area (Å²) < 4.78 is 5.48. The summed E-state index contributed by atoms with van der Waals surface area (Å²) in [5.74, 6) is -3.16. The number of pyridine rings is 1. The maximum atomic E-state index is 12.7. The van der Waals surface area contributed by atoms with E-state index in [2.05, 4.69) is 15.6 Å². The molecule has 0 aliphatic heterocycles. The number of nitrogens with one attached hydrogen (secondary N) is 2. The van der Waals surface area contributed by atoms with Gasteiger partial charge in [-0.1, -0.05) is 54.6 Å². The predicted octanol–water partition coefficient (Wildman–Crippen LogP) is 2.49. The lowest BCUT2D eigenvalue weighted by molar-refractivity contribution is -0.134. The Kier molecular flexibility index (Phi) is 7.59. The van der Waals surface area contributed by atoms with Crippen LogP contribution < -0.4 is 10.6 Å². The van der Waals surface area contributed by atoms with Crippen LogP contribution >= 0.6 is 0 Å². The standard InChI is InChI=1S/C26H26BN3O5/c1-17(25(31)28-15-20-10-7-12-22(29-20)18-8-3-2-4-9-18)26(32)30-24(27(33)34)14-19-16-35-23-13-6-5-11-21(19)23/h2-13,16-17,24,33-34H,14-15H2,1H3,(H,28,31)(H,30,32). The second kappa shape index (κ2) is 11.0.